The van der Waals surface area contributed by atoms with Crippen LogP contribution < -0.4 is 9.47 Å². The summed E-state index contributed by atoms with van der Waals surface area (Å²) in [4.78, 5) is 43.2. The summed E-state index contributed by atoms with van der Waals surface area (Å²) in [6, 6.07) is 4.23. The number of amides is 1. The molecule has 9 heteroatoms. The van der Waals surface area contributed by atoms with Crippen molar-refractivity contribution in [1.29, 1.82) is 0 Å². The van der Waals surface area contributed by atoms with Gasteiger partial charge in [-0.2, -0.15) is 0 Å². The molecule has 2 heterocycles. The molecule has 1 aromatic rings. The molecule has 30 heavy (non-hydrogen) atoms. The van der Waals surface area contributed by atoms with Crippen LogP contribution in [0, 0.1) is 0 Å². The average Bonchev–Trinajstić information content (AvgIpc) is 2.66. The highest BCUT2D eigenvalue weighted by atomic mass is 32.2. The molecule has 0 bridgehead atoms. The second-order valence-corrected chi connectivity index (χ2v) is 8.18. The number of esters is 2. The van der Waals surface area contributed by atoms with E-state index >= 15 is 0 Å². The number of rotatable bonds is 5. The van der Waals surface area contributed by atoms with Crippen LogP contribution in [0.2, 0.25) is 0 Å². The van der Waals surface area contributed by atoms with E-state index in [0.29, 0.717) is 39.9 Å². The van der Waals surface area contributed by atoms with Crippen LogP contribution in [0.15, 0.2) is 34.5 Å². The molecule has 2 aliphatic rings. The van der Waals surface area contributed by atoms with Gasteiger partial charge in [0, 0.05) is 19.1 Å². The van der Waals surface area contributed by atoms with Crippen molar-refractivity contribution < 1.29 is 28.6 Å². The summed E-state index contributed by atoms with van der Waals surface area (Å²) in [5.74, 6) is 0.0782. The molecule has 0 aliphatic carbocycles. The Bertz CT molecular complexity index is 953. The first kappa shape index (κ1) is 21.9. The fourth-order valence-electron chi connectivity index (χ4n) is 3.34. The van der Waals surface area contributed by atoms with Crippen molar-refractivity contribution in [3.05, 3.63) is 35.0 Å². The first-order valence-electron chi connectivity index (χ1n) is 9.54. The van der Waals surface area contributed by atoms with Crippen molar-refractivity contribution in [2.45, 2.75) is 46.3 Å². The van der Waals surface area contributed by atoms with E-state index in [-0.39, 0.29) is 17.8 Å². The smallest absolute Gasteiger partial charge is 0.338 e. The van der Waals surface area contributed by atoms with Crippen molar-refractivity contribution in [3.8, 4) is 11.5 Å². The number of hydrogen-bond donors (Lipinski definition) is 0. The first-order valence-corrected chi connectivity index (χ1v) is 10.5. The Hall–Kier alpha value is -2.81. The fraction of sp³-hybridized carbons (Fsp3) is 0.429. The lowest BCUT2D eigenvalue weighted by molar-refractivity contribution is -0.143. The number of methoxy groups -OCH3 is 1. The molecule has 3 rings (SSSR count). The van der Waals surface area contributed by atoms with Gasteiger partial charge in [0.2, 0.25) is 5.91 Å². The molecule has 0 N–H and O–H groups in total. The zero-order valence-electron chi connectivity index (χ0n) is 17.6. The summed E-state index contributed by atoms with van der Waals surface area (Å²) in [5.41, 5.74) is 1.42. The fourth-order valence-corrected chi connectivity index (χ4v) is 4.35. The van der Waals surface area contributed by atoms with E-state index in [0.717, 1.165) is 0 Å². The second-order valence-electron chi connectivity index (χ2n) is 7.12. The van der Waals surface area contributed by atoms with Crippen LogP contribution in [-0.4, -0.2) is 46.9 Å². The number of allylic oxidation sites excluding steroid dienone is 1. The van der Waals surface area contributed by atoms with Gasteiger partial charge in [0.05, 0.1) is 30.5 Å². The number of carbonyl (C=O) groups excluding carboxylic acids is 3. The van der Waals surface area contributed by atoms with E-state index in [2.05, 4.69) is 4.99 Å². The quantitative estimate of drug-likeness (QED) is 0.521. The van der Waals surface area contributed by atoms with Gasteiger partial charge in [-0.1, -0.05) is 17.8 Å². The summed E-state index contributed by atoms with van der Waals surface area (Å²) < 4.78 is 16.0. The van der Waals surface area contributed by atoms with Gasteiger partial charge in [-0.3, -0.25) is 14.5 Å². The number of thioether (sulfide) groups is 1. The number of hydrogen-bond acceptors (Lipinski definition) is 8. The van der Waals surface area contributed by atoms with Crippen LogP contribution in [0.4, 0.5) is 0 Å². The number of carbonyl (C=O) groups is 3. The highest BCUT2D eigenvalue weighted by Crippen LogP contribution is 2.42. The third-order valence-electron chi connectivity index (χ3n) is 4.53. The van der Waals surface area contributed by atoms with Gasteiger partial charge in [-0.05, 0) is 38.5 Å². The zero-order chi connectivity index (χ0) is 22.0. The number of ether oxygens (including phenoxy) is 3. The average molecular weight is 432 g/mol. The van der Waals surface area contributed by atoms with Crippen LogP contribution >= 0.6 is 11.8 Å². The standard InChI is InChI=1S/C21H24N2O6S/c1-11(2)28-20(26)18-12(3)22-21-23(17(25)8-9-30-21)19(18)14-6-7-15(29-13(4)24)16(10-14)27-5/h6-7,10-11,19H,8-9H2,1-5H3. The largest absolute Gasteiger partial charge is 0.493 e. The van der Waals surface area contributed by atoms with Crippen LogP contribution in [0.1, 0.15) is 45.7 Å². The minimum Gasteiger partial charge on any atom is -0.493 e. The molecule has 0 aromatic heterocycles. The molecule has 1 amide bonds. The summed E-state index contributed by atoms with van der Waals surface area (Å²) in [6.07, 6.45) is 0.0187. The molecule has 160 valence electrons. The molecule has 0 saturated carbocycles. The van der Waals surface area contributed by atoms with Crippen LogP contribution in [0.3, 0.4) is 0 Å². The molecule has 1 unspecified atom stereocenters. The maximum atomic E-state index is 13.0. The summed E-state index contributed by atoms with van der Waals surface area (Å²) >= 11 is 1.47. The number of fused-ring (bicyclic) bond motifs is 1. The Morgan fingerprint density at radius 2 is 2.00 bits per heavy atom. The zero-order valence-corrected chi connectivity index (χ0v) is 18.4. The van der Waals surface area contributed by atoms with Gasteiger partial charge in [-0.25, -0.2) is 9.79 Å². The Labute approximate surface area is 179 Å². The van der Waals surface area contributed by atoms with E-state index in [1.807, 2.05) is 0 Å². The van der Waals surface area contributed by atoms with Crippen molar-refractivity contribution in [1.82, 2.24) is 4.90 Å². The molecule has 2 aliphatic heterocycles. The van der Waals surface area contributed by atoms with E-state index in [9.17, 15) is 14.4 Å². The third kappa shape index (κ3) is 4.35. The number of amidine groups is 1. The van der Waals surface area contributed by atoms with Crippen molar-refractivity contribution in [2.75, 3.05) is 12.9 Å². The molecular formula is C21H24N2O6S. The Balaban J connectivity index is 2.14. The third-order valence-corrected chi connectivity index (χ3v) is 5.48. The molecule has 1 atom stereocenters. The number of aliphatic imine (C=N–C) groups is 1. The van der Waals surface area contributed by atoms with Gasteiger partial charge in [0.15, 0.2) is 16.7 Å². The maximum absolute atomic E-state index is 13.0. The summed E-state index contributed by atoms with van der Waals surface area (Å²) in [7, 11) is 1.46. The lowest BCUT2D eigenvalue weighted by Crippen LogP contribution is -2.46. The van der Waals surface area contributed by atoms with E-state index in [1.165, 1.54) is 25.8 Å². The number of benzene rings is 1. The molecule has 0 radical (unpaired) electrons. The highest BCUT2D eigenvalue weighted by molar-refractivity contribution is 8.14. The summed E-state index contributed by atoms with van der Waals surface area (Å²) in [5, 5.41) is 0.554. The molecule has 0 spiro atoms. The highest BCUT2D eigenvalue weighted by Gasteiger charge is 2.42. The van der Waals surface area contributed by atoms with Crippen LogP contribution in [-0.2, 0) is 19.1 Å². The lowest BCUT2D eigenvalue weighted by atomic mass is 9.93. The van der Waals surface area contributed by atoms with Gasteiger partial charge in [-0.15, -0.1) is 0 Å². The Kier molecular flexibility index (Phi) is 6.50. The van der Waals surface area contributed by atoms with E-state index in [1.54, 1.807) is 43.9 Å². The molecule has 8 nitrogen and oxygen atoms in total. The molecule has 1 saturated heterocycles. The van der Waals surface area contributed by atoms with E-state index < -0.39 is 18.0 Å². The molecular weight excluding hydrogens is 408 g/mol. The SMILES string of the molecule is COc1cc(C2C(C(=O)OC(C)C)=C(C)N=C3SCCC(=O)N32)ccc1OC(C)=O. The van der Waals surface area contributed by atoms with Gasteiger partial charge < -0.3 is 14.2 Å². The van der Waals surface area contributed by atoms with E-state index in [4.69, 9.17) is 14.2 Å². The van der Waals surface area contributed by atoms with Gasteiger partial charge in [0.1, 0.15) is 0 Å². The van der Waals surface area contributed by atoms with Gasteiger partial charge >= 0.3 is 11.9 Å². The van der Waals surface area contributed by atoms with Crippen molar-refractivity contribution >= 4 is 34.8 Å². The van der Waals surface area contributed by atoms with Crippen molar-refractivity contribution in [3.63, 3.8) is 0 Å². The van der Waals surface area contributed by atoms with Crippen LogP contribution in [0.5, 0.6) is 11.5 Å². The minimum absolute atomic E-state index is 0.122. The summed E-state index contributed by atoms with van der Waals surface area (Å²) in [6.45, 7) is 6.56. The Morgan fingerprint density at radius 3 is 2.63 bits per heavy atom. The van der Waals surface area contributed by atoms with Crippen LogP contribution in [0.25, 0.3) is 0 Å². The predicted molar refractivity (Wildman–Crippen MR) is 112 cm³/mol. The minimum atomic E-state index is -0.718. The molecule has 1 aromatic carbocycles. The van der Waals surface area contributed by atoms with Crippen molar-refractivity contribution in [2.24, 2.45) is 4.99 Å². The number of nitrogens with zero attached hydrogens (tertiary/aromatic N) is 2. The van der Waals surface area contributed by atoms with Gasteiger partial charge in [0.25, 0.3) is 0 Å². The normalized spacial score (nSPS) is 18.7. The molecule has 1 fully saturated rings. The lowest BCUT2D eigenvalue weighted by Gasteiger charge is -2.39. The topological polar surface area (TPSA) is 94.5 Å². The monoisotopic (exact) mass is 432 g/mol. The predicted octanol–water partition coefficient (Wildman–Crippen LogP) is 3.22. The first-order chi connectivity index (χ1) is 14.2. The Morgan fingerprint density at radius 1 is 1.27 bits per heavy atom. The maximum Gasteiger partial charge on any atom is 0.338 e. The second kappa shape index (κ2) is 8.91.